The summed E-state index contributed by atoms with van der Waals surface area (Å²) >= 11 is 0. The van der Waals surface area contributed by atoms with Gasteiger partial charge in [-0.1, -0.05) is 25.1 Å². The van der Waals surface area contributed by atoms with Crippen LogP contribution in [0.25, 0.3) is 0 Å². The zero-order valence-electron chi connectivity index (χ0n) is 10.0. The zero-order chi connectivity index (χ0) is 13.1. The van der Waals surface area contributed by atoms with Crippen LogP contribution in [0.3, 0.4) is 0 Å². The summed E-state index contributed by atoms with van der Waals surface area (Å²) in [4.78, 5) is 22.6. The topological polar surface area (TPSA) is 79.2 Å². The van der Waals surface area contributed by atoms with Crippen LogP contribution in [-0.4, -0.2) is 24.2 Å². The maximum Gasteiger partial charge on any atom is 0.352 e. The molecule has 5 heteroatoms. The summed E-state index contributed by atoms with van der Waals surface area (Å²) in [7, 11) is 0. The fourth-order valence-corrected chi connectivity index (χ4v) is 1.86. The number of rotatable bonds is 3. The van der Waals surface area contributed by atoms with Crippen LogP contribution in [0.1, 0.15) is 24.8 Å². The second-order valence-electron chi connectivity index (χ2n) is 4.05. The highest BCUT2D eigenvalue weighted by molar-refractivity contribution is 6.39. The number of ether oxygens (including phenoxy) is 1. The van der Waals surface area contributed by atoms with Gasteiger partial charge in [0.15, 0.2) is 0 Å². The third-order valence-electron chi connectivity index (χ3n) is 2.88. The van der Waals surface area contributed by atoms with Crippen molar-refractivity contribution < 1.29 is 14.3 Å². The quantitative estimate of drug-likeness (QED) is 0.796. The van der Waals surface area contributed by atoms with Crippen molar-refractivity contribution in [2.24, 2.45) is 0 Å². The molecule has 1 saturated heterocycles. The van der Waals surface area contributed by atoms with Gasteiger partial charge in [0.1, 0.15) is 12.3 Å². The van der Waals surface area contributed by atoms with Crippen LogP contribution >= 0.6 is 0 Å². The first-order chi connectivity index (χ1) is 8.63. The van der Waals surface area contributed by atoms with Gasteiger partial charge < -0.3 is 10.1 Å². The standard InChI is InChI=1S/C13H14N2O3/c1-2-11(16)15-10-6-4-3-5-8(10)9-7-18-13(17)12(9)14/h3-6,9,14H,2,7H2,1H3,(H,15,16). The molecule has 1 heterocycles. The highest BCUT2D eigenvalue weighted by Crippen LogP contribution is 2.29. The van der Waals surface area contributed by atoms with E-state index in [0.29, 0.717) is 12.1 Å². The molecule has 1 aliphatic heterocycles. The number of anilines is 1. The summed E-state index contributed by atoms with van der Waals surface area (Å²) in [6.45, 7) is 1.93. The van der Waals surface area contributed by atoms with E-state index in [4.69, 9.17) is 10.1 Å². The van der Waals surface area contributed by atoms with Crippen molar-refractivity contribution in [3.05, 3.63) is 29.8 Å². The van der Waals surface area contributed by atoms with Crippen molar-refractivity contribution in [3.8, 4) is 0 Å². The van der Waals surface area contributed by atoms with Gasteiger partial charge in [-0.2, -0.15) is 0 Å². The molecule has 1 fully saturated rings. The van der Waals surface area contributed by atoms with Gasteiger partial charge in [-0.05, 0) is 11.6 Å². The highest BCUT2D eigenvalue weighted by atomic mass is 16.5. The SMILES string of the molecule is CCC(=O)Nc1ccccc1C1COC(=O)C1=N. The number of carbonyl (C=O) groups excluding carboxylic acids is 2. The molecule has 1 aromatic carbocycles. The van der Waals surface area contributed by atoms with Crippen LogP contribution < -0.4 is 5.32 Å². The molecule has 5 nitrogen and oxygen atoms in total. The molecule has 0 bridgehead atoms. The summed E-state index contributed by atoms with van der Waals surface area (Å²) in [5.74, 6) is -1.08. The molecule has 94 valence electrons. The number of hydrogen-bond donors (Lipinski definition) is 2. The van der Waals surface area contributed by atoms with Crippen LogP contribution in [0.15, 0.2) is 24.3 Å². The fraction of sp³-hybridized carbons (Fsp3) is 0.308. The summed E-state index contributed by atoms with van der Waals surface area (Å²) < 4.78 is 4.84. The van der Waals surface area contributed by atoms with E-state index in [-0.39, 0.29) is 18.2 Å². The summed E-state index contributed by atoms with van der Waals surface area (Å²) in [5.41, 5.74) is 1.32. The minimum Gasteiger partial charge on any atom is -0.460 e. The average molecular weight is 246 g/mol. The van der Waals surface area contributed by atoms with Crippen molar-refractivity contribution in [1.82, 2.24) is 0 Å². The van der Waals surface area contributed by atoms with E-state index in [1.165, 1.54) is 0 Å². The molecule has 1 unspecified atom stereocenters. The molecular formula is C13H14N2O3. The molecule has 0 radical (unpaired) electrons. The van der Waals surface area contributed by atoms with Crippen LogP contribution in [0.2, 0.25) is 0 Å². The zero-order valence-corrected chi connectivity index (χ0v) is 10.0. The van der Waals surface area contributed by atoms with Gasteiger partial charge in [-0.25, -0.2) is 4.79 Å². The van der Waals surface area contributed by atoms with Crippen molar-refractivity contribution in [3.63, 3.8) is 0 Å². The smallest absolute Gasteiger partial charge is 0.352 e. The number of amides is 1. The lowest BCUT2D eigenvalue weighted by atomic mass is 9.95. The van der Waals surface area contributed by atoms with Gasteiger partial charge in [-0.15, -0.1) is 0 Å². The number of carbonyl (C=O) groups is 2. The van der Waals surface area contributed by atoms with E-state index in [2.05, 4.69) is 5.32 Å². The summed E-state index contributed by atoms with van der Waals surface area (Å²) in [6.07, 6.45) is 0.381. The number of esters is 1. The Morgan fingerprint density at radius 1 is 1.50 bits per heavy atom. The molecule has 2 N–H and O–H groups in total. The molecule has 0 spiro atoms. The van der Waals surface area contributed by atoms with Crippen LogP contribution in [0.5, 0.6) is 0 Å². The lowest BCUT2D eigenvalue weighted by Crippen LogP contribution is -2.16. The van der Waals surface area contributed by atoms with E-state index in [0.717, 1.165) is 5.56 Å². The predicted octanol–water partition coefficient (Wildman–Crippen LogP) is 1.70. The molecule has 1 aromatic rings. The second kappa shape index (κ2) is 5.00. The van der Waals surface area contributed by atoms with Gasteiger partial charge in [0.2, 0.25) is 5.91 Å². The van der Waals surface area contributed by atoms with E-state index in [1.807, 2.05) is 6.07 Å². The molecule has 1 amide bonds. The molecule has 0 aliphatic carbocycles. The molecule has 1 aliphatic rings. The van der Waals surface area contributed by atoms with E-state index >= 15 is 0 Å². The number of nitrogens with one attached hydrogen (secondary N) is 2. The Kier molecular flexibility index (Phi) is 3.41. The van der Waals surface area contributed by atoms with Crippen molar-refractivity contribution in [1.29, 1.82) is 5.41 Å². The number of hydrogen-bond acceptors (Lipinski definition) is 4. The molecule has 18 heavy (non-hydrogen) atoms. The Balaban J connectivity index is 2.30. The third-order valence-corrected chi connectivity index (χ3v) is 2.88. The van der Waals surface area contributed by atoms with Crippen LogP contribution in [0.4, 0.5) is 5.69 Å². The van der Waals surface area contributed by atoms with Crippen molar-refractivity contribution in [2.75, 3.05) is 11.9 Å². The normalized spacial score (nSPS) is 18.6. The average Bonchev–Trinajstić information content (AvgIpc) is 2.71. The maximum atomic E-state index is 11.4. The first-order valence-corrected chi connectivity index (χ1v) is 5.77. The fourth-order valence-electron chi connectivity index (χ4n) is 1.86. The summed E-state index contributed by atoms with van der Waals surface area (Å²) in [6, 6.07) is 7.18. The minimum absolute atomic E-state index is 0.0619. The van der Waals surface area contributed by atoms with Gasteiger partial charge in [0, 0.05) is 12.1 Å². The van der Waals surface area contributed by atoms with Crippen LogP contribution in [-0.2, 0) is 14.3 Å². The van der Waals surface area contributed by atoms with Gasteiger partial charge in [0.25, 0.3) is 0 Å². The first kappa shape index (κ1) is 12.3. The lowest BCUT2D eigenvalue weighted by Gasteiger charge is -2.13. The monoisotopic (exact) mass is 246 g/mol. The Labute approximate surface area is 105 Å². The lowest BCUT2D eigenvalue weighted by molar-refractivity contribution is -0.132. The Morgan fingerprint density at radius 3 is 2.83 bits per heavy atom. The Bertz CT molecular complexity index is 511. The van der Waals surface area contributed by atoms with E-state index < -0.39 is 11.9 Å². The van der Waals surface area contributed by atoms with Crippen LogP contribution in [0, 0.1) is 5.41 Å². The molecule has 0 saturated carbocycles. The molecule has 1 atom stereocenters. The largest absolute Gasteiger partial charge is 0.460 e. The predicted molar refractivity (Wildman–Crippen MR) is 66.8 cm³/mol. The second-order valence-corrected chi connectivity index (χ2v) is 4.05. The Morgan fingerprint density at radius 2 is 2.22 bits per heavy atom. The Hall–Kier alpha value is -2.17. The molecule has 0 aromatic heterocycles. The van der Waals surface area contributed by atoms with Gasteiger partial charge >= 0.3 is 5.97 Å². The van der Waals surface area contributed by atoms with Gasteiger partial charge in [-0.3, -0.25) is 10.2 Å². The number of cyclic esters (lactones) is 1. The van der Waals surface area contributed by atoms with E-state index in [1.54, 1.807) is 25.1 Å². The molecular weight excluding hydrogens is 232 g/mol. The van der Waals surface area contributed by atoms with Crippen molar-refractivity contribution >= 4 is 23.3 Å². The van der Waals surface area contributed by atoms with Gasteiger partial charge in [0.05, 0.1) is 5.92 Å². The maximum absolute atomic E-state index is 11.4. The van der Waals surface area contributed by atoms with Crippen molar-refractivity contribution in [2.45, 2.75) is 19.3 Å². The summed E-state index contributed by atoms with van der Waals surface area (Å²) in [5, 5.41) is 10.5. The number of para-hydroxylation sites is 1. The van der Waals surface area contributed by atoms with E-state index in [9.17, 15) is 9.59 Å². The highest BCUT2D eigenvalue weighted by Gasteiger charge is 2.33. The minimum atomic E-state index is -0.586. The number of benzene rings is 1. The molecule has 2 rings (SSSR count). The third kappa shape index (κ3) is 2.25. The first-order valence-electron chi connectivity index (χ1n) is 5.77.